The molecule has 0 radical (unpaired) electrons. The topological polar surface area (TPSA) is 508 Å². The van der Waals surface area contributed by atoms with Crippen LogP contribution < -0.4 is 0 Å². The summed E-state index contributed by atoms with van der Waals surface area (Å²) in [5.41, 5.74) is 0.308. The zero-order valence-corrected chi connectivity index (χ0v) is 77.9. The highest BCUT2D eigenvalue weighted by molar-refractivity contribution is 5.92. The fourth-order valence-corrected chi connectivity index (χ4v) is 9.83. The van der Waals surface area contributed by atoms with Crippen molar-refractivity contribution in [3.8, 4) is 0 Å². The van der Waals surface area contributed by atoms with Crippen LogP contribution in [-0.2, 0) is 138 Å². The normalized spacial score (nSPS) is 11.0. The number of aromatic nitrogens is 4. The lowest BCUT2D eigenvalue weighted by Gasteiger charge is -2.30. The summed E-state index contributed by atoms with van der Waals surface area (Å²) in [6.07, 6.45) is 12.6. The number of Topliss-reactive ketones (excluding diaryl/α,β-unsaturated/α-hetero) is 6. The van der Waals surface area contributed by atoms with E-state index in [1.807, 2.05) is 0 Å². The molecule has 2 atom stereocenters. The number of carbonyl (C=O) groups is 19. The molecular formula is C91H129N5O33. The van der Waals surface area contributed by atoms with Gasteiger partial charge in [-0.3, -0.25) is 82.3 Å². The number of nitrogens with zero attached hydrogens (tertiary/aromatic N) is 5. The fraction of sp³-hybridized carbons (Fsp3) is 0.571. The number of rotatable bonds is 50. The molecule has 0 saturated carbocycles. The van der Waals surface area contributed by atoms with Crippen LogP contribution in [0.4, 0.5) is 0 Å². The molecule has 4 heterocycles. The Morgan fingerprint density at radius 2 is 0.605 bits per heavy atom. The van der Waals surface area contributed by atoms with Crippen molar-refractivity contribution >= 4 is 112 Å². The molecule has 0 spiro atoms. The van der Waals surface area contributed by atoms with E-state index in [-0.39, 0.29) is 207 Å². The van der Waals surface area contributed by atoms with E-state index in [0.717, 1.165) is 0 Å². The van der Waals surface area contributed by atoms with Crippen molar-refractivity contribution in [2.75, 3.05) is 113 Å². The van der Waals surface area contributed by atoms with Crippen LogP contribution in [0.2, 0.25) is 0 Å². The SMILES string of the molecule is CC(=O)CC(COC(C)=O)COC(C)=O.CC(=O)OCC(C)(COC(C)=O)C(=O)C(C)C.CC(=O)OCC(COC(=O)c1cccnc1)CC(=O)C(C)C.CC(=O)OCC(COC(C)=O)N(CC(=O)C(C)C)C(C)=O.CC(C)C(=O)CC(COC(=O)c1cccnc1)COC(=O)c1cccnc1.COCCOCC(=O)OCC(COC(=O)c1cccnc1)CC(=O)C(C)C. The first-order valence-corrected chi connectivity index (χ1v) is 41.4. The van der Waals surface area contributed by atoms with Crippen LogP contribution in [0.3, 0.4) is 0 Å². The van der Waals surface area contributed by atoms with E-state index in [1.165, 1.54) is 99.1 Å². The summed E-state index contributed by atoms with van der Waals surface area (Å²) in [4.78, 5) is 234. The molecular weight excluding hydrogens is 1690 g/mol. The van der Waals surface area contributed by atoms with Gasteiger partial charge in [-0.05, 0) is 62.4 Å². The van der Waals surface area contributed by atoms with Crippen molar-refractivity contribution in [3.05, 3.63) is 120 Å². The van der Waals surface area contributed by atoms with Gasteiger partial charge in [0.1, 0.15) is 68.0 Å². The minimum absolute atomic E-state index is 0.00446. The summed E-state index contributed by atoms with van der Waals surface area (Å²) in [6, 6.07) is 12.2. The van der Waals surface area contributed by atoms with Gasteiger partial charge in [0.15, 0.2) is 5.78 Å². The molecule has 0 bridgehead atoms. The number of ether oxygens (including phenoxy) is 14. The highest BCUT2D eigenvalue weighted by Gasteiger charge is 2.38. The molecule has 38 heteroatoms. The van der Waals surface area contributed by atoms with E-state index < -0.39 is 94.9 Å². The molecule has 0 aromatic carbocycles. The van der Waals surface area contributed by atoms with E-state index >= 15 is 0 Å². The minimum atomic E-state index is -0.981. The molecule has 4 rings (SSSR count). The Balaban J connectivity index is 0. The van der Waals surface area contributed by atoms with Crippen LogP contribution in [0.1, 0.15) is 206 Å². The fourth-order valence-electron chi connectivity index (χ4n) is 9.83. The summed E-state index contributed by atoms with van der Waals surface area (Å²) in [5, 5.41) is 0. The number of carbonyl (C=O) groups excluding carboxylic acids is 19. The van der Waals surface area contributed by atoms with Gasteiger partial charge in [0.25, 0.3) is 0 Å². The van der Waals surface area contributed by atoms with Crippen molar-refractivity contribution < 1.29 is 157 Å². The summed E-state index contributed by atoms with van der Waals surface area (Å²) in [6.45, 7) is 31.0. The van der Waals surface area contributed by atoms with Crippen LogP contribution in [0.5, 0.6) is 0 Å². The van der Waals surface area contributed by atoms with Gasteiger partial charge in [0.2, 0.25) is 5.91 Å². The molecule has 0 aliphatic heterocycles. The van der Waals surface area contributed by atoms with E-state index in [1.54, 1.807) is 149 Å². The molecule has 4 aromatic heterocycles. The monoisotopic (exact) mass is 1820 g/mol. The van der Waals surface area contributed by atoms with E-state index in [2.05, 4.69) is 19.9 Å². The third-order valence-corrected chi connectivity index (χ3v) is 17.1. The maximum Gasteiger partial charge on any atom is 0.339 e. The summed E-state index contributed by atoms with van der Waals surface area (Å²) < 4.78 is 69.9. The van der Waals surface area contributed by atoms with E-state index in [4.69, 9.17) is 66.3 Å². The first kappa shape index (κ1) is 119. The van der Waals surface area contributed by atoms with Gasteiger partial charge in [-0.25, -0.2) is 24.0 Å². The van der Waals surface area contributed by atoms with Crippen molar-refractivity contribution in [1.82, 2.24) is 24.8 Å². The van der Waals surface area contributed by atoms with Gasteiger partial charge in [-0.2, -0.15) is 0 Å². The average Bonchev–Trinajstić information content (AvgIpc) is 0.834. The van der Waals surface area contributed by atoms with Crippen molar-refractivity contribution in [1.29, 1.82) is 0 Å². The van der Waals surface area contributed by atoms with Crippen LogP contribution in [0.15, 0.2) is 98.1 Å². The average molecular weight is 1820 g/mol. The van der Waals surface area contributed by atoms with Crippen molar-refractivity contribution in [2.24, 2.45) is 58.7 Å². The van der Waals surface area contributed by atoms with Gasteiger partial charge in [-0.15, -0.1) is 0 Å². The lowest BCUT2D eigenvalue weighted by Crippen LogP contribution is -2.48. The third kappa shape index (κ3) is 60.1. The molecule has 0 N–H and O–H groups in total. The number of pyridine rings is 4. The third-order valence-electron chi connectivity index (χ3n) is 17.1. The Hall–Kier alpha value is -12.4. The molecule has 1 amide bonds. The smallest absolute Gasteiger partial charge is 0.339 e. The molecule has 129 heavy (non-hydrogen) atoms. The van der Waals surface area contributed by atoms with Crippen LogP contribution in [0, 0.1) is 58.7 Å². The zero-order chi connectivity index (χ0) is 98.3. The maximum absolute atomic E-state index is 12.1. The summed E-state index contributed by atoms with van der Waals surface area (Å²) in [7, 11) is 1.53. The Kier molecular flexibility index (Phi) is 62.5. The molecule has 0 aliphatic carbocycles. The minimum Gasteiger partial charge on any atom is -0.465 e. The lowest BCUT2D eigenvalue weighted by atomic mass is 9.82. The number of ketones is 6. The second-order valence-corrected chi connectivity index (χ2v) is 31.0. The Labute approximate surface area is 753 Å². The quantitative estimate of drug-likeness (QED) is 0.0226. The molecule has 0 saturated heterocycles. The highest BCUT2D eigenvalue weighted by atomic mass is 16.6. The molecule has 716 valence electrons. The standard InChI is InChI=1S/C20H22N2O5.C19H27NO7.C16H21NO5.C14H23NO6.C12H20O5.C10H16O5/c1-14(2)18(23)9-15(12-26-19(24)16-5-3-7-21-10-16)13-27-20(25)17-6-4-8-22-11-17;1-14(2)17(21)9-15(11-26-18(22)13-25-8-7-24-3)12-27-19(23)16-5-4-6-20-10-16;1-11(2)15(19)7-13(9-21-12(3)18)10-22-16(20)14-5-4-6-17-8-14;1-9(2)14(19)6-15(10(3)16)13(7-20-11(4)17)8-21-12(5)18;1-8(2)11(15)12(5,6-16-9(3)13)7-17-10(4)14;1-7(11)4-10(5-14-8(2)12)6-15-9(3)13/h3-8,10-11,14-15H,9,12-13H2,1-2H3;4-6,10,14-15H,7-9,11-13H2,1-3H3;4-6,8,11,13H,7,9-10H2,1-3H3;9,13H,6-8H2,1-5H3;8H,6-7H2,1-5H3;10H,4-6H2,1-3H3. The number of methoxy groups -OCH3 is 1. The van der Waals surface area contributed by atoms with Crippen LogP contribution in [-0.4, -0.2) is 256 Å². The molecule has 2 unspecified atom stereocenters. The predicted octanol–water partition coefficient (Wildman–Crippen LogP) is 9.04. The van der Waals surface area contributed by atoms with Crippen LogP contribution >= 0.6 is 0 Å². The first-order chi connectivity index (χ1) is 60.5. The number of hydrogen-bond donors (Lipinski definition) is 0. The molecule has 38 nitrogen and oxygen atoms in total. The van der Waals surface area contributed by atoms with Crippen molar-refractivity contribution in [3.63, 3.8) is 0 Å². The summed E-state index contributed by atoms with van der Waals surface area (Å²) >= 11 is 0. The number of hydrogen-bond acceptors (Lipinski definition) is 37. The lowest BCUT2D eigenvalue weighted by molar-refractivity contribution is -0.157. The molecule has 0 aliphatic rings. The maximum atomic E-state index is 12.1. The van der Waals surface area contributed by atoms with Gasteiger partial charge < -0.3 is 76.0 Å². The molecule has 0 fully saturated rings. The Bertz CT molecular complexity index is 4030. The Morgan fingerprint density at radius 1 is 0.333 bits per heavy atom. The van der Waals surface area contributed by atoms with E-state index in [9.17, 15) is 91.1 Å². The first-order valence-electron chi connectivity index (χ1n) is 41.4. The van der Waals surface area contributed by atoms with Crippen molar-refractivity contribution in [2.45, 2.75) is 170 Å². The zero-order valence-electron chi connectivity index (χ0n) is 77.9. The predicted molar refractivity (Wildman–Crippen MR) is 460 cm³/mol. The number of amides is 1. The molecule has 4 aromatic rings. The van der Waals surface area contributed by atoms with Gasteiger partial charge in [0, 0.05) is 191 Å². The highest BCUT2D eigenvalue weighted by Crippen LogP contribution is 2.25. The Morgan fingerprint density at radius 3 is 0.845 bits per heavy atom. The second kappa shape index (κ2) is 67.9. The van der Waals surface area contributed by atoms with Gasteiger partial charge in [-0.1, -0.05) is 69.2 Å². The number of esters is 12. The van der Waals surface area contributed by atoms with Crippen LogP contribution in [0.25, 0.3) is 0 Å². The van der Waals surface area contributed by atoms with E-state index in [0.29, 0.717) is 28.9 Å². The largest absolute Gasteiger partial charge is 0.465 e. The van der Waals surface area contributed by atoms with Gasteiger partial charge in [0.05, 0.1) is 100 Å². The van der Waals surface area contributed by atoms with Gasteiger partial charge >= 0.3 is 71.6 Å². The summed E-state index contributed by atoms with van der Waals surface area (Å²) in [5.74, 6) is -8.77. The second-order valence-electron chi connectivity index (χ2n) is 31.0.